The van der Waals surface area contributed by atoms with Crippen LogP contribution in [-0.2, 0) is 36.9 Å². The highest BCUT2D eigenvalue weighted by molar-refractivity contribution is 6.05. The summed E-state index contributed by atoms with van der Waals surface area (Å²) in [7, 11) is 2.12. The molecule has 16 heteroatoms. The van der Waals surface area contributed by atoms with Crippen molar-refractivity contribution in [3.05, 3.63) is 82.6 Å². The fourth-order valence-corrected chi connectivity index (χ4v) is 7.16. The predicted octanol–water partition coefficient (Wildman–Crippen LogP) is 3.78. The number of aromatic nitrogens is 4. The first kappa shape index (κ1) is 39.5. The quantitative estimate of drug-likeness (QED) is 0.111. The number of hydrogen-bond acceptors (Lipinski definition) is 12. The molecule has 16 nitrogen and oxygen atoms in total. The first-order valence-electron chi connectivity index (χ1n) is 19.4. The van der Waals surface area contributed by atoms with Crippen molar-refractivity contribution < 1.29 is 33.4 Å². The number of piperidine rings is 2. The number of anilines is 2. The van der Waals surface area contributed by atoms with Crippen molar-refractivity contribution in [2.75, 3.05) is 57.2 Å². The van der Waals surface area contributed by atoms with E-state index in [-0.39, 0.29) is 56.0 Å². The number of fused-ring (bicyclic) bond motifs is 2. The summed E-state index contributed by atoms with van der Waals surface area (Å²) in [4.78, 5) is 62.8. The van der Waals surface area contributed by atoms with Crippen LogP contribution in [0.1, 0.15) is 78.1 Å². The standard InChI is InChI=1S/C41H49N9O7/c1-26(2)32-23-43-50-37(32)46-41(57-30-15-17-48(3)18-16-30)47-40(50)42-22-27-9-11-29(12-10-27)44-36(52)25-56-21-20-55-19-5-7-28-6-4-8-31-33(28)24-49(39(31)54)34-13-14-35(51)45-38(34)53/h4-12,23,26,30,34H,13-22,24-25H2,1-3H3,(H,44,52)(H,42,46,47)(H,45,51,53)/b7-5+. The molecule has 0 radical (unpaired) electrons. The molecule has 2 aromatic heterocycles. The lowest BCUT2D eigenvalue weighted by Gasteiger charge is -2.29. The van der Waals surface area contributed by atoms with E-state index >= 15 is 0 Å². The second-order valence-electron chi connectivity index (χ2n) is 14.8. The van der Waals surface area contributed by atoms with Gasteiger partial charge in [-0.3, -0.25) is 24.5 Å². The highest BCUT2D eigenvalue weighted by Crippen LogP contribution is 2.30. The summed E-state index contributed by atoms with van der Waals surface area (Å²) >= 11 is 0. The molecule has 3 aliphatic rings. The fraction of sp³-hybridized carbons (Fsp3) is 0.439. The number of nitrogens with one attached hydrogen (secondary N) is 3. The van der Waals surface area contributed by atoms with Gasteiger partial charge >= 0.3 is 6.01 Å². The molecule has 57 heavy (non-hydrogen) atoms. The number of amides is 4. The lowest BCUT2D eigenvalue weighted by atomic mass is 10.0. The van der Waals surface area contributed by atoms with Crippen LogP contribution in [0.25, 0.3) is 11.7 Å². The van der Waals surface area contributed by atoms with Crippen LogP contribution in [-0.4, -0.2) is 112 Å². The van der Waals surface area contributed by atoms with Gasteiger partial charge in [0.05, 0.1) is 26.0 Å². The Morgan fingerprint density at radius 2 is 1.81 bits per heavy atom. The van der Waals surface area contributed by atoms with Crippen molar-refractivity contribution in [2.45, 2.75) is 70.7 Å². The Morgan fingerprint density at radius 1 is 1.02 bits per heavy atom. The van der Waals surface area contributed by atoms with E-state index < -0.39 is 11.9 Å². The van der Waals surface area contributed by atoms with E-state index in [1.165, 1.54) is 4.90 Å². The predicted molar refractivity (Wildman–Crippen MR) is 212 cm³/mol. The summed E-state index contributed by atoms with van der Waals surface area (Å²) in [5.74, 6) is -0.461. The summed E-state index contributed by atoms with van der Waals surface area (Å²) in [6.07, 6.45) is 8.00. The van der Waals surface area contributed by atoms with Gasteiger partial charge in [-0.15, -0.1) is 0 Å². The molecule has 300 valence electrons. The van der Waals surface area contributed by atoms with Gasteiger partial charge in [0.1, 0.15) is 18.8 Å². The third kappa shape index (κ3) is 9.64. The number of imide groups is 1. The number of nitrogens with zero attached hydrogens (tertiary/aromatic N) is 6. The van der Waals surface area contributed by atoms with Gasteiger partial charge in [0, 0.05) is 49.4 Å². The number of rotatable bonds is 16. The molecule has 4 aromatic rings. The molecule has 0 saturated carbocycles. The summed E-state index contributed by atoms with van der Waals surface area (Å²) < 4.78 is 19.1. The average molecular weight is 780 g/mol. The van der Waals surface area contributed by atoms with E-state index in [1.807, 2.05) is 48.7 Å². The summed E-state index contributed by atoms with van der Waals surface area (Å²) in [6, 6.07) is 12.7. The molecule has 1 atom stereocenters. The minimum Gasteiger partial charge on any atom is -0.460 e. The third-order valence-corrected chi connectivity index (χ3v) is 10.4. The maximum absolute atomic E-state index is 13.1. The molecule has 0 bridgehead atoms. The van der Waals surface area contributed by atoms with Gasteiger partial charge in [0.15, 0.2) is 5.65 Å². The van der Waals surface area contributed by atoms with Crippen LogP contribution >= 0.6 is 0 Å². The van der Waals surface area contributed by atoms with Crippen LogP contribution in [0.5, 0.6) is 6.01 Å². The summed E-state index contributed by atoms with van der Waals surface area (Å²) in [5.41, 5.74) is 5.63. The van der Waals surface area contributed by atoms with E-state index in [0.29, 0.717) is 49.3 Å². The summed E-state index contributed by atoms with van der Waals surface area (Å²) in [6.45, 7) is 7.65. The van der Waals surface area contributed by atoms with Gasteiger partial charge in [-0.05, 0) is 67.1 Å². The minimum atomic E-state index is -0.660. The molecule has 2 fully saturated rings. The molecule has 0 aliphatic carbocycles. The van der Waals surface area contributed by atoms with Gasteiger partial charge in [0.2, 0.25) is 23.7 Å². The zero-order valence-corrected chi connectivity index (χ0v) is 32.5. The van der Waals surface area contributed by atoms with Crippen LogP contribution in [0.2, 0.25) is 0 Å². The van der Waals surface area contributed by atoms with E-state index in [0.717, 1.165) is 53.8 Å². The Balaban J connectivity index is 0.825. The Hall–Kier alpha value is -5.71. The molecule has 2 aromatic carbocycles. The zero-order chi connectivity index (χ0) is 39.9. The fourth-order valence-electron chi connectivity index (χ4n) is 7.16. The maximum Gasteiger partial charge on any atom is 0.322 e. The Bertz CT molecular complexity index is 2130. The molecule has 5 heterocycles. The van der Waals surface area contributed by atoms with Gasteiger partial charge in [0.25, 0.3) is 5.91 Å². The number of benzene rings is 2. The Kier molecular flexibility index (Phi) is 12.5. The van der Waals surface area contributed by atoms with Crippen molar-refractivity contribution >= 4 is 47.0 Å². The third-order valence-electron chi connectivity index (χ3n) is 10.4. The van der Waals surface area contributed by atoms with E-state index in [2.05, 4.69) is 46.8 Å². The highest BCUT2D eigenvalue weighted by Gasteiger charge is 2.39. The van der Waals surface area contributed by atoms with Gasteiger partial charge in [-0.1, -0.05) is 50.3 Å². The van der Waals surface area contributed by atoms with E-state index in [4.69, 9.17) is 24.2 Å². The molecule has 7 rings (SSSR count). The largest absolute Gasteiger partial charge is 0.460 e. The van der Waals surface area contributed by atoms with Gasteiger partial charge in [-0.25, -0.2) is 0 Å². The van der Waals surface area contributed by atoms with Crippen molar-refractivity contribution in [2.24, 2.45) is 0 Å². The van der Waals surface area contributed by atoms with Crippen LogP contribution in [0, 0.1) is 0 Å². The van der Waals surface area contributed by atoms with Gasteiger partial charge < -0.3 is 34.6 Å². The SMILES string of the molecule is CC(C)c1cnn2c(NCc3ccc(NC(=O)COCCOC/C=C/c4cccc5c4CN(C4CCC(=O)NC4=O)C5=O)cc3)nc(OC3CCN(C)CC3)nc12. The molecule has 3 N–H and O–H groups in total. The molecule has 0 spiro atoms. The normalized spacial score (nSPS) is 17.8. The first-order chi connectivity index (χ1) is 27.6. The molecule has 2 saturated heterocycles. The monoisotopic (exact) mass is 779 g/mol. The molecule has 3 aliphatic heterocycles. The smallest absolute Gasteiger partial charge is 0.322 e. The second-order valence-corrected chi connectivity index (χ2v) is 14.8. The molecule has 4 amide bonds. The lowest BCUT2D eigenvalue weighted by molar-refractivity contribution is -0.137. The number of carbonyl (C=O) groups excluding carboxylic acids is 4. The van der Waals surface area contributed by atoms with Crippen LogP contribution in [0.4, 0.5) is 11.6 Å². The first-order valence-corrected chi connectivity index (χ1v) is 19.4. The van der Waals surface area contributed by atoms with E-state index in [1.54, 1.807) is 16.6 Å². The lowest BCUT2D eigenvalue weighted by Crippen LogP contribution is -2.52. The molecular formula is C41H49N9O7. The number of likely N-dealkylation sites (tertiary alicyclic amines) is 1. The maximum atomic E-state index is 13.1. The van der Waals surface area contributed by atoms with Crippen LogP contribution in [0.3, 0.4) is 0 Å². The topological polar surface area (TPSA) is 182 Å². The second kappa shape index (κ2) is 18.0. The Morgan fingerprint density at radius 3 is 2.58 bits per heavy atom. The van der Waals surface area contributed by atoms with E-state index in [9.17, 15) is 19.2 Å². The van der Waals surface area contributed by atoms with Crippen molar-refractivity contribution in [3.8, 4) is 6.01 Å². The minimum absolute atomic E-state index is 0.0681. The van der Waals surface area contributed by atoms with Crippen molar-refractivity contribution in [3.63, 3.8) is 0 Å². The number of ether oxygens (including phenoxy) is 3. The molecular weight excluding hydrogens is 731 g/mol. The number of hydrogen-bond donors (Lipinski definition) is 3. The average Bonchev–Trinajstić information content (AvgIpc) is 3.78. The summed E-state index contributed by atoms with van der Waals surface area (Å²) in [5, 5.41) is 13.1. The Labute approximate surface area is 330 Å². The van der Waals surface area contributed by atoms with Gasteiger partial charge in [-0.2, -0.15) is 19.6 Å². The highest BCUT2D eigenvalue weighted by atomic mass is 16.5. The molecule has 1 unspecified atom stereocenters. The number of carbonyl (C=O) groups is 4. The van der Waals surface area contributed by atoms with Crippen LogP contribution in [0.15, 0.2) is 54.7 Å². The van der Waals surface area contributed by atoms with Crippen molar-refractivity contribution in [1.29, 1.82) is 0 Å². The van der Waals surface area contributed by atoms with Crippen molar-refractivity contribution in [1.82, 2.24) is 34.7 Å². The van der Waals surface area contributed by atoms with Crippen LogP contribution < -0.4 is 20.7 Å². The zero-order valence-electron chi connectivity index (χ0n) is 32.5.